The third kappa shape index (κ3) is 5.96. The topological polar surface area (TPSA) is 83.1 Å². The lowest BCUT2D eigenvalue weighted by Gasteiger charge is -2.36. The van der Waals surface area contributed by atoms with Crippen LogP contribution in [0.5, 0.6) is 11.5 Å². The maximum atomic E-state index is 13.4. The van der Waals surface area contributed by atoms with E-state index in [-0.39, 0.29) is 6.03 Å². The molecule has 4 amide bonds. The van der Waals surface area contributed by atoms with Gasteiger partial charge in [-0.3, -0.25) is 4.90 Å². The van der Waals surface area contributed by atoms with E-state index in [1.165, 1.54) is 0 Å². The molecule has 1 saturated heterocycles. The molecule has 3 aromatic carbocycles. The summed E-state index contributed by atoms with van der Waals surface area (Å²) in [5.41, 5.74) is 2.62. The molecule has 0 unspecified atom stereocenters. The fourth-order valence-electron chi connectivity index (χ4n) is 3.93. The Labute approximate surface area is 209 Å². The monoisotopic (exact) mass is 494 g/mol. The Balaban J connectivity index is 1.53. The van der Waals surface area contributed by atoms with Crippen molar-refractivity contribution < 1.29 is 19.1 Å². The summed E-state index contributed by atoms with van der Waals surface area (Å²) in [7, 11) is 3.17. The molecule has 1 fully saturated rings. The van der Waals surface area contributed by atoms with Crippen molar-refractivity contribution in [3.8, 4) is 11.5 Å². The smallest absolute Gasteiger partial charge is 0.324 e. The molecule has 0 aromatic heterocycles. The van der Waals surface area contributed by atoms with Crippen LogP contribution in [-0.4, -0.2) is 44.3 Å². The number of hydrogen-bond acceptors (Lipinski definition) is 4. The summed E-state index contributed by atoms with van der Waals surface area (Å²) < 4.78 is 10.6. The maximum absolute atomic E-state index is 13.4. The van der Waals surface area contributed by atoms with Crippen LogP contribution in [0, 0.1) is 0 Å². The van der Waals surface area contributed by atoms with Crippen LogP contribution in [0.3, 0.4) is 0 Å². The number of urea groups is 2. The molecule has 1 aliphatic rings. The highest BCUT2D eigenvalue weighted by Crippen LogP contribution is 2.33. The van der Waals surface area contributed by atoms with Gasteiger partial charge >= 0.3 is 12.1 Å². The molecule has 8 nitrogen and oxygen atoms in total. The van der Waals surface area contributed by atoms with E-state index in [1.807, 2.05) is 24.3 Å². The molecule has 182 valence electrons. The molecule has 0 atom stereocenters. The average Bonchev–Trinajstić information content (AvgIpc) is 2.86. The van der Waals surface area contributed by atoms with Crippen molar-refractivity contribution in [3.05, 3.63) is 77.3 Å². The second-order valence-corrected chi connectivity index (χ2v) is 8.47. The number of nitrogens with zero attached hydrogens (tertiary/aromatic N) is 2. The van der Waals surface area contributed by atoms with Gasteiger partial charge in [-0.15, -0.1) is 0 Å². The summed E-state index contributed by atoms with van der Waals surface area (Å²) in [4.78, 5) is 29.6. The van der Waals surface area contributed by atoms with Crippen LogP contribution in [0.1, 0.15) is 12.0 Å². The van der Waals surface area contributed by atoms with Gasteiger partial charge in [-0.05, 0) is 54.4 Å². The number of carbonyl (C=O) groups is 2. The van der Waals surface area contributed by atoms with E-state index in [9.17, 15) is 9.59 Å². The van der Waals surface area contributed by atoms with Crippen molar-refractivity contribution in [2.75, 3.05) is 42.8 Å². The summed E-state index contributed by atoms with van der Waals surface area (Å²) in [5, 5.41) is 6.12. The molecule has 35 heavy (non-hydrogen) atoms. The van der Waals surface area contributed by atoms with Gasteiger partial charge < -0.3 is 25.0 Å². The molecular weight excluding hydrogens is 468 g/mol. The van der Waals surface area contributed by atoms with Gasteiger partial charge in [0.2, 0.25) is 0 Å². The Morgan fingerprint density at radius 1 is 0.943 bits per heavy atom. The Hall–Kier alpha value is -3.91. The number of amides is 4. The first kappa shape index (κ1) is 24.2. The molecule has 3 aromatic rings. The molecule has 0 radical (unpaired) electrons. The fraction of sp³-hybridized carbons (Fsp3) is 0.231. The first-order chi connectivity index (χ1) is 17.0. The summed E-state index contributed by atoms with van der Waals surface area (Å²) >= 11 is 6.01. The van der Waals surface area contributed by atoms with Gasteiger partial charge in [0.1, 0.15) is 11.5 Å². The van der Waals surface area contributed by atoms with E-state index in [4.69, 9.17) is 21.1 Å². The maximum Gasteiger partial charge on any atom is 0.324 e. The standard InChI is InChI=1S/C26H27ClN4O4/c1-34-21-9-7-18(8-10-21)17-30-13-4-14-31(26(30)33)24-12-11-22(35-2)16-23(24)29-25(32)28-20-6-3-5-19(27)15-20/h3,5-12,15-16H,4,13-14,17H2,1-2H3,(H2,28,29,32). The zero-order valence-corrected chi connectivity index (χ0v) is 20.3. The molecule has 2 N–H and O–H groups in total. The van der Waals surface area contributed by atoms with Crippen molar-refractivity contribution in [1.29, 1.82) is 0 Å². The van der Waals surface area contributed by atoms with Gasteiger partial charge in [-0.2, -0.15) is 0 Å². The Kier molecular flexibility index (Phi) is 7.62. The number of carbonyl (C=O) groups excluding carboxylic acids is 2. The largest absolute Gasteiger partial charge is 0.497 e. The van der Waals surface area contributed by atoms with E-state index >= 15 is 0 Å². The summed E-state index contributed by atoms with van der Waals surface area (Å²) in [6, 6.07) is 19.2. The van der Waals surface area contributed by atoms with Crippen LogP contribution in [0.4, 0.5) is 26.7 Å². The Morgan fingerprint density at radius 3 is 2.40 bits per heavy atom. The number of rotatable bonds is 7. The molecule has 1 heterocycles. The highest BCUT2D eigenvalue weighted by atomic mass is 35.5. The minimum Gasteiger partial charge on any atom is -0.497 e. The number of halogens is 1. The molecule has 1 aliphatic heterocycles. The molecule has 0 saturated carbocycles. The van der Waals surface area contributed by atoms with Crippen molar-refractivity contribution in [1.82, 2.24) is 4.90 Å². The molecule has 0 spiro atoms. The number of nitrogens with one attached hydrogen (secondary N) is 2. The van der Waals surface area contributed by atoms with Gasteiger partial charge in [0.25, 0.3) is 0 Å². The lowest BCUT2D eigenvalue weighted by atomic mass is 10.1. The van der Waals surface area contributed by atoms with E-state index in [0.717, 1.165) is 17.7 Å². The predicted molar refractivity (Wildman–Crippen MR) is 138 cm³/mol. The molecule has 0 bridgehead atoms. The summed E-state index contributed by atoms with van der Waals surface area (Å²) in [6.07, 6.45) is 0.794. The second-order valence-electron chi connectivity index (χ2n) is 8.03. The van der Waals surface area contributed by atoms with Crippen LogP contribution in [0.2, 0.25) is 5.02 Å². The zero-order chi connectivity index (χ0) is 24.8. The first-order valence-corrected chi connectivity index (χ1v) is 11.6. The zero-order valence-electron chi connectivity index (χ0n) is 19.6. The SMILES string of the molecule is COc1ccc(CN2CCCN(c3ccc(OC)cc3NC(=O)Nc3cccc(Cl)c3)C2=O)cc1. The fourth-order valence-corrected chi connectivity index (χ4v) is 4.12. The van der Waals surface area contributed by atoms with Gasteiger partial charge in [-0.1, -0.05) is 29.8 Å². The first-order valence-electron chi connectivity index (χ1n) is 11.2. The van der Waals surface area contributed by atoms with Crippen LogP contribution in [-0.2, 0) is 6.54 Å². The highest BCUT2D eigenvalue weighted by molar-refractivity contribution is 6.30. The number of benzene rings is 3. The Bertz CT molecular complexity index is 1200. The number of hydrogen-bond donors (Lipinski definition) is 2. The molecule has 4 rings (SSSR count). The van der Waals surface area contributed by atoms with Gasteiger partial charge in [0.05, 0.1) is 25.6 Å². The van der Waals surface area contributed by atoms with Crippen molar-refractivity contribution in [3.63, 3.8) is 0 Å². The number of ether oxygens (including phenoxy) is 2. The third-order valence-corrected chi connectivity index (χ3v) is 5.90. The van der Waals surface area contributed by atoms with E-state index in [1.54, 1.807) is 66.5 Å². The second kappa shape index (κ2) is 11.0. The minimum atomic E-state index is -0.457. The van der Waals surface area contributed by atoms with Gasteiger partial charge in [-0.25, -0.2) is 9.59 Å². The molecule has 9 heteroatoms. The lowest BCUT2D eigenvalue weighted by Crippen LogP contribution is -2.49. The van der Waals surface area contributed by atoms with Crippen LogP contribution >= 0.6 is 11.6 Å². The predicted octanol–water partition coefficient (Wildman–Crippen LogP) is 5.83. The summed E-state index contributed by atoms with van der Waals surface area (Å²) in [5.74, 6) is 1.33. The molecule has 0 aliphatic carbocycles. The van der Waals surface area contributed by atoms with Crippen molar-refractivity contribution in [2.24, 2.45) is 0 Å². The highest BCUT2D eigenvalue weighted by Gasteiger charge is 2.29. The van der Waals surface area contributed by atoms with E-state index in [2.05, 4.69) is 10.6 Å². The van der Waals surface area contributed by atoms with Crippen molar-refractivity contribution >= 4 is 40.7 Å². The van der Waals surface area contributed by atoms with Crippen LogP contribution < -0.4 is 25.0 Å². The van der Waals surface area contributed by atoms with Gasteiger partial charge in [0.15, 0.2) is 0 Å². The average molecular weight is 495 g/mol. The van der Waals surface area contributed by atoms with Gasteiger partial charge in [0, 0.05) is 36.4 Å². The number of methoxy groups -OCH3 is 2. The quantitative estimate of drug-likeness (QED) is 0.432. The van der Waals surface area contributed by atoms with E-state index < -0.39 is 6.03 Å². The number of anilines is 3. The van der Waals surface area contributed by atoms with Crippen LogP contribution in [0.25, 0.3) is 0 Å². The van der Waals surface area contributed by atoms with Crippen molar-refractivity contribution in [2.45, 2.75) is 13.0 Å². The van der Waals surface area contributed by atoms with Crippen LogP contribution in [0.15, 0.2) is 66.7 Å². The van der Waals surface area contributed by atoms with E-state index in [0.29, 0.717) is 47.5 Å². The lowest BCUT2D eigenvalue weighted by molar-refractivity contribution is 0.192. The Morgan fingerprint density at radius 2 is 1.69 bits per heavy atom. The normalized spacial score (nSPS) is 13.4. The molecular formula is C26H27ClN4O4. The summed E-state index contributed by atoms with van der Waals surface area (Å²) in [6.45, 7) is 1.66. The minimum absolute atomic E-state index is 0.129. The third-order valence-electron chi connectivity index (χ3n) is 5.67.